The van der Waals surface area contributed by atoms with E-state index in [0.717, 1.165) is 37.5 Å². The molecule has 1 heterocycles. The van der Waals surface area contributed by atoms with Crippen LogP contribution in [0.2, 0.25) is 0 Å². The summed E-state index contributed by atoms with van der Waals surface area (Å²) < 4.78 is 13.4. The van der Waals surface area contributed by atoms with Crippen LogP contribution in [0.15, 0.2) is 18.2 Å². The molecule has 0 spiro atoms. The van der Waals surface area contributed by atoms with Gasteiger partial charge in [0.05, 0.1) is 17.6 Å². The number of halogens is 1. The quantitative estimate of drug-likeness (QED) is 0.684. The fourth-order valence-electron chi connectivity index (χ4n) is 2.63. The fourth-order valence-corrected chi connectivity index (χ4v) is 2.63. The molecule has 2 rings (SSSR count). The molecule has 0 radical (unpaired) electrons. The van der Waals surface area contributed by atoms with E-state index in [1.165, 1.54) is 4.90 Å². The van der Waals surface area contributed by atoms with Crippen molar-refractivity contribution in [3.05, 3.63) is 39.7 Å². The van der Waals surface area contributed by atoms with Gasteiger partial charge in [0, 0.05) is 12.6 Å². The molecule has 1 aromatic rings. The number of nitrogens with zero attached hydrogens (tertiary/aromatic N) is 2. The topological polar surface area (TPSA) is 83.7 Å². The summed E-state index contributed by atoms with van der Waals surface area (Å²) in [7, 11) is 0. The van der Waals surface area contributed by atoms with E-state index >= 15 is 0 Å². The number of carbonyl (C=O) groups is 1. The average Bonchev–Trinajstić information content (AvgIpc) is 2.71. The molecule has 1 atom stereocenters. The lowest BCUT2D eigenvalue weighted by molar-refractivity contribution is -0.385. The van der Waals surface area contributed by atoms with Crippen molar-refractivity contribution in [1.82, 2.24) is 4.90 Å². The van der Waals surface area contributed by atoms with E-state index < -0.39 is 22.3 Å². The molecule has 0 aromatic heterocycles. The predicted molar refractivity (Wildman–Crippen MR) is 73.4 cm³/mol. The van der Waals surface area contributed by atoms with Gasteiger partial charge in [0.15, 0.2) is 0 Å². The van der Waals surface area contributed by atoms with Gasteiger partial charge in [-0.15, -0.1) is 0 Å². The minimum Gasteiger partial charge on any atom is -0.394 e. The van der Waals surface area contributed by atoms with Gasteiger partial charge in [0.25, 0.3) is 11.6 Å². The number of hydrogen-bond acceptors (Lipinski definition) is 4. The Kier molecular flexibility index (Phi) is 4.85. The lowest BCUT2D eigenvalue weighted by atomic mass is 10.1. The summed E-state index contributed by atoms with van der Waals surface area (Å²) in [6.07, 6.45) is 3.24. The van der Waals surface area contributed by atoms with Crippen LogP contribution in [0.1, 0.15) is 36.0 Å². The number of amides is 1. The van der Waals surface area contributed by atoms with E-state index in [1.54, 1.807) is 0 Å². The second-order valence-electron chi connectivity index (χ2n) is 5.10. The summed E-state index contributed by atoms with van der Waals surface area (Å²) >= 11 is 0. The number of aliphatic hydroxyl groups excluding tert-OH is 1. The zero-order valence-corrected chi connectivity index (χ0v) is 11.5. The molecule has 1 fully saturated rings. The Morgan fingerprint density at radius 1 is 1.43 bits per heavy atom. The van der Waals surface area contributed by atoms with Crippen LogP contribution in [-0.2, 0) is 0 Å². The van der Waals surface area contributed by atoms with Crippen LogP contribution in [0.25, 0.3) is 0 Å². The monoisotopic (exact) mass is 296 g/mol. The van der Waals surface area contributed by atoms with Crippen molar-refractivity contribution >= 4 is 11.6 Å². The summed E-state index contributed by atoms with van der Waals surface area (Å²) in [5.41, 5.74) is -0.678. The maximum absolute atomic E-state index is 13.4. The van der Waals surface area contributed by atoms with Gasteiger partial charge in [-0.05, 0) is 25.0 Å². The lowest BCUT2D eigenvalue weighted by Gasteiger charge is -2.28. The zero-order chi connectivity index (χ0) is 15.4. The van der Waals surface area contributed by atoms with E-state index in [4.69, 9.17) is 0 Å². The maximum Gasteiger partial charge on any atom is 0.282 e. The third kappa shape index (κ3) is 3.36. The van der Waals surface area contributed by atoms with Gasteiger partial charge in [-0.25, -0.2) is 4.39 Å². The number of hydrogen-bond donors (Lipinski definition) is 1. The van der Waals surface area contributed by atoms with Gasteiger partial charge in [0.2, 0.25) is 0 Å². The molecule has 0 bridgehead atoms. The second kappa shape index (κ2) is 6.62. The summed E-state index contributed by atoms with van der Waals surface area (Å²) in [5, 5.41) is 20.4. The van der Waals surface area contributed by atoms with E-state index in [0.29, 0.717) is 13.0 Å². The third-order valence-corrected chi connectivity index (χ3v) is 3.73. The van der Waals surface area contributed by atoms with Gasteiger partial charge < -0.3 is 10.0 Å². The molecule has 114 valence electrons. The average molecular weight is 296 g/mol. The number of rotatable bonds is 3. The molecule has 1 unspecified atom stereocenters. The van der Waals surface area contributed by atoms with Crippen LogP contribution in [0.5, 0.6) is 0 Å². The normalized spacial score (nSPS) is 19.1. The molecule has 0 aliphatic carbocycles. The minimum absolute atomic E-state index is 0.200. The molecule has 6 nitrogen and oxygen atoms in total. The van der Waals surface area contributed by atoms with Crippen LogP contribution in [0.3, 0.4) is 0 Å². The number of nitro benzene ring substituents is 1. The summed E-state index contributed by atoms with van der Waals surface area (Å²) in [5.74, 6) is -1.29. The Morgan fingerprint density at radius 2 is 2.19 bits per heavy atom. The van der Waals surface area contributed by atoms with Crippen molar-refractivity contribution in [2.75, 3.05) is 13.2 Å². The molecular formula is C14H17FN2O4. The highest BCUT2D eigenvalue weighted by atomic mass is 19.1. The summed E-state index contributed by atoms with van der Waals surface area (Å²) in [4.78, 5) is 24.3. The van der Waals surface area contributed by atoms with Crippen molar-refractivity contribution in [1.29, 1.82) is 0 Å². The highest BCUT2D eigenvalue weighted by molar-refractivity contribution is 5.98. The molecule has 1 amide bonds. The smallest absolute Gasteiger partial charge is 0.282 e. The number of benzene rings is 1. The van der Waals surface area contributed by atoms with Gasteiger partial charge in [-0.1, -0.05) is 12.8 Å². The Morgan fingerprint density at radius 3 is 2.86 bits per heavy atom. The number of carbonyl (C=O) groups excluding carboxylic acids is 1. The maximum atomic E-state index is 13.4. The molecule has 7 heteroatoms. The van der Waals surface area contributed by atoms with E-state index in [2.05, 4.69) is 0 Å². The molecule has 1 aliphatic heterocycles. The molecule has 1 N–H and O–H groups in total. The van der Waals surface area contributed by atoms with Gasteiger partial charge in [0.1, 0.15) is 11.4 Å². The fraction of sp³-hybridized carbons (Fsp3) is 0.500. The second-order valence-corrected chi connectivity index (χ2v) is 5.10. The van der Waals surface area contributed by atoms with Gasteiger partial charge in [-0.2, -0.15) is 0 Å². The largest absolute Gasteiger partial charge is 0.394 e. The Hall–Kier alpha value is -2.02. The number of likely N-dealkylation sites (tertiary alicyclic amines) is 1. The van der Waals surface area contributed by atoms with Crippen molar-refractivity contribution in [3.63, 3.8) is 0 Å². The molecule has 1 aliphatic rings. The van der Waals surface area contributed by atoms with E-state index in [9.17, 15) is 24.4 Å². The summed E-state index contributed by atoms with van der Waals surface area (Å²) in [6.45, 7) is 0.215. The van der Waals surface area contributed by atoms with E-state index in [-0.39, 0.29) is 18.2 Å². The van der Waals surface area contributed by atoms with Crippen LogP contribution < -0.4 is 0 Å². The van der Waals surface area contributed by atoms with Crippen molar-refractivity contribution in [2.24, 2.45) is 0 Å². The first-order chi connectivity index (χ1) is 10.0. The standard InChI is InChI=1S/C14H17FN2O4/c15-10-5-6-13(17(20)21)12(8-10)14(19)16-7-3-1-2-4-11(16)9-18/h5-6,8,11,18H,1-4,7,9H2. The Labute approximate surface area is 121 Å². The minimum atomic E-state index is -0.696. The SMILES string of the molecule is O=C(c1cc(F)ccc1[N+](=O)[O-])N1CCCCCC1CO. The summed E-state index contributed by atoms with van der Waals surface area (Å²) in [6, 6.07) is 2.47. The molecule has 21 heavy (non-hydrogen) atoms. The third-order valence-electron chi connectivity index (χ3n) is 3.73. The first-order valence-electron chi connectivity index (χ1n) is 6.90. The molecular weight excluding hydrogens is 279 g/mol. The van der Waals surface area contributed by atoms with Crippen LogP contribution >= 0.6 is 0 Å². The highest BCUT2D eigenvalue weighted by Gasteiger charge is 2.30. The first kappa shape index (κ1) is 15.4. The predicted octanol–water partition coefficient (Wildman–Crippen LogP) is 2.11. The van der Waals surface area contributed by atoms with Crippen LogP contribution in [-0.4, -0.2) is 40.0 Å². The van der Waals surface area contributed by atoms with Gasteiger partial charge >= 0.3 is 0 Å². The Balaban J connectivity index is 2.37. The van der Waals surface area contributed by atoms with Crippen molar-refractivity contribution < 1.29 is 19.2 Å². The van der Waals surface area contributed by atoms with Gasteiger partial charge in [-0.3, -0.25) is 14.9 Å². The van der Waals surface area contributed by atoms with Crippen molar-refractivity contribution in [2.45, 2.75) is 31.7 Å². The zero-order valence-electron chi connectivity index (χ0n) is 11.5. The van der Waals surface area contributed by atoms with Crippen LogP contribution in [0, 0.1) is 15.9 Å². The number of nitro groups is 1. The van der Waals surface area contributed by atoms with Crippen molar-refractivity contribution in [3.8, 4) is 0 Å². The van der Waals surface area contributed by atoms with E-state index in [1.807, 2.05) is 0 Å². The van der Waals surface area contributed by atoms with Crippen LogP contribution in [0.4, 0.5) is 10.1 Å². The lowest BCUT2D eigenvalue weighted by Crippen LogP contribution is -2.42. The molecule has 0 saturated carbocycles. The molecule has 1 saturated heterocycles. The first-order valence-corrected chi connectivity index (χ1v) is 6.90. The highest BCUT2D eigenvalue weighted by Crippen LogP contribution is 2.25. The molecule has 1 aromatic carbocycles. The Bertz CT molecular complexity index is 550. The number of aliphatic hydroxyl groups is 1.